The van der Waals surface area contributed by atoms with Crippen molar-refractivity contribution in [1.29, 1.82) is 0 Å². The summed E-state index contributed by atoms with van der Waals surface area (Å²) in [5.74, 6) is 0.746. The van der Waals surface area contributed by atoms with Gasteiger partial charge in [0.05, 0.1) is 11.7 Å². The maximum absolute atomic E-state index is 12.5. The molecule has 0 unspecified atom stereocenters. The average molecular weight is 346 g/mol. The van der Waals surface area contributed by atoms with E-state index in [1.54, 1.807) is 12.4 Å². The Labute approximate surface area is 145 Å². The first kappa shape index (κ1) is 16.8. The summed E-state index contributed by atoms with van der Waals surface area (Å²) in [6.07, 6.45) is 3.51. The van der Waals surface area contributed by atoms with Gasteiger partial charge in [-0.15, -0.1) is 11.3 Å². The Bertz CT molecular complexity index is 676. The summed E-state index contributed by atoms with van der Waals surface area (Å²) in [7, 11) is 0. The monoisotopic (exact) mass is 346 g/mol. The lowest BCUT2D eigenvalue weighted by Gasteiger charge is -2.37. The van der Waals surface area contributed by atoms with E-state index in [0.717, 1.165) is 42.7 Å². The Morgan fingerprint density at radius 1 is 1.21 bits per heavy atom. The number of nitrogens with one attached hydrogen (secondary N) is 1. The molecule has 24 heavy (non-hydrogen) atoms. The molecule has 1 saturated heterocycles. The van der Waals surface area contributed by atoms with Crippen molar-refractivity contribution in [3.8, 4) is 0 Å². The number of aromatic nitrogens is 3. The van der Waals surface area contributed by atoms with Gasteiger partial charge in [0.2, 0.25) is 11.9 Å². The summed E-state index contributed by atoms with van der Waals surface area (Å²) in [4.78, 5) is 30.9. The number of aryl methyl sites for hydroxylation is 2. The van der Waals surface area contributed by atoms with Crippen LogP contribution in [0.2, 0.25) is 0 Å². The molecule has 128 valence electrons. The van der Waals surface area contributed by atoms with E-state index in [9.17, 15) is 4.79 Å². The molecule has 7 nitrogen and oxygen atoms in total. The van der Waals surface area contributed by atoms with E-state index in [-0.39, 0.29) is 11.9 Å². The quantitative estimate of drug-likeness (QED) is 0.908. The minimum absolute atomic E-state index is 0.00633. The highest BCUT2D eigenvalue weighted by molar-refractivity contribution is 7.15. The number of rotatable bonds is 4. The first-order valence-electron chi connectivity index (χ1n) is 8.05. The van der Waals surface area contributed by atoms with Gasteiger partial charge in [0.25, 0.3) is 0 Å². The first-order valence-corrected chi connectivity index (χ1v) is 8.87. The van der Waals surface area contributed by atoms with Gasteiger partial charge in [0.15, 0.2) is 5.13 Å². The zero-order chi connectivity index (χ0) is 17.1. The molecule has 3 rings (SSSR count). The van der Waals surface area contributed by atoms with Gasteiger partial charge in [-0.05, 0) is 26.8 Å². The Balaban J connectivity index is 1.54. The molecule has 2 aromatic rings. The second-order valence-corrected chi connectivity index (χ2v) is 7.10. The first-order chi connectivity index (χ1) is 11.5. The SMILES string of the molecule is Cc1nc(NC(=O)[C@@H](C)N2CCN(c3ncccn3)CC2)sc1C. The summed E-state index contributed by atoms with van der Waals surface area (Å²) in [5, 5.41) is 3.61. The van der Waals surface area contributed by atoms with Gasteiger partial charge in [-0.25, -0.2) is 15.0 Å². The van der Waals surface area contributed by atoms with Crippen LogP contribution < -0.4 is 10.2 Å². The van der Waals surface area contributed by atoms with Crippen molar-refractivity contribution < 1.29 is 4.79 Å². The van der Waals surface area contributed by atoms with Crippen LogP contribution in [-0.4, -0.2) is 58.0 Å². The predicted molar refractivity (Wildman–Crippen MR) is 95.5 cm³/mol. The van der Waals surface area contributed by atoms with Gasteiger partial charge in [-0.1, -0.05) is 0 Å². The highest BCUT2D eigenvalue weighted by atomic mass is 32.1. The molecule has 1 atom stereocenters. The highest BCUT2D eigenvalue weighted by Crippen LogP contribution is 2.21. The van der Waals surface area contributed by atoms with Crippen LogP contribution in [-0.2, 0) is 4.79 Å². The Morgan fingerprint density at radius 2 is 1.88 bits per heavy atom. The molecule has 0 radical (unpaired) electrons. The topological polar surface area (TPSA) is 74.2 Å². The fraction of sp³-hybridized carbons (Fsp3) is 0.500. The van der Waals surface area contributed by atoms with Crippen LogP contribution in [0.5, 0.6) is 0 Å². The number of hydrogen-bond donors (Lipinski definition) is 1. The number of amides is 1. The van der Waals surface area contributed by atoms with Crippen molar-refractivity contribution in [1.82, 2.24) is 19.9 Å². The average Bonchev–Trinajstić information content (AvgIpc) is 2.92. The lowest BCUT2D eigenvalue weighted by molar-refractivity contribution is -0.120. The molecule has 1 fully saturated rings. The zero-order valence-electron chi connectivity index (χ0n) is 14.2. The minimum atomic E-state index is -0.187. The van der Waals surface area contributed by atoms with Crippen molar-refractivity contribution in [3.05, 3.63) is 29.0 Å². The number of carbonyl (C=O) groups is 1. The third-order valence-corrected chi connectivity index (χ3v) is 5.32. The molecular weight excluding hydrogens is 324 g/mol. The number of anilines is 2. The number of piperazine rings is 1. The Hall–Kier alpha value is -2.06. The fourth-order valence-electron chi connectivity index (χ4n) is 2.67. The lowest BCUT2D eigenvalue weighted by atomic mass is 10.2. The van der Waals surface area contributed by atoms with Gasteiger partial charge in [-0.2, -0.15) is 0 Å². The van der Waals surface area contributed by atoms with Crippen molar-refractivity contribution in [2.45, 2.75) is 26.8 Å². The second-order valence-electron chi connectivity index (χ2n) is 5.90. The van der Waals surface area contributed by atoms with Crippen LogP contribution >= 0.6 is 11.3 Å². The van der Waals surface area contributed by atoms with Gasteiger partial charge >= 0.3 is 0 Å². The Morgan fingerprint density at radius 3 is 2.46 bits per heavy atom. The van der Waals surface area contributed by atoms with Gasteiger partial charge < -0.3 is 10.2 Å². The van der Waals surface area contributed by atoms with E-state index in [2.05, 4.69) is 30.1 Å². The lowest BCUT2D eigenvalue weighted by Crippen LogP contribution is -2.53. The number of thiazole rings is 1. The maximum atomic E-state index is 12.5. The van der Waals surface area contributed by atoms with Crippen LogP contribution in [0.1, 0.15) is 17.5 Å². The molecule has 0 aromatic carbocycles. The van der Waals surface area contributed by atoms with Crippen molar-refractivity contribution in [3.63, 3.8) is 0 Å². The van der Waals surface area contributed by atoms with E-state index in [1.165, 1.54) is 11.3 Å². The van der Waals surface area contributed by atoms with Gasteiger partial charge in [-0.3, -0.25) is 9.69 Å². The van der Waals surface area contributed by atoms with Crippen LogP contribution in [0.4, 0.5) is 11.1 Å². The van der Waals surface area contributed by atoms with Crippen molar-refractivity contribution in [2.24, 2.45) is 0 Å². The molecular formula is C16H22N6OS. The Kier molecular flexibility index (Phi) is 5.06. The minimum Gasteiger partial charge on any atom is -0.338 e. The van der Waals surface area contributed by atoms with Crippen LogP contribution in [0, 0.1) is 13.8 Å². The standard InChI is InChI=1S/C16H22N6OS/c1-11-13(3)24-16(19-11)20-14(23)12(2)21-7-9-22(10-8-21)15-17-5-4-6-18-15/h4-6,12H,7-10H2,1-3H3,(H,19,20,23)/t12-/m1/s1. The normalized spacial score (nSPS) is 16.9. The molecule has 1 amide bonds. The summed E-state index contributed by atoms with van der Waals surface area (Å²) < 4.78 is 0. The van der Waals surface area contributed by atoms with Crippen molar-refractivity contribution in [2.75, 3.05) is 36.4 Å². The molecule has 1 aliphatic heterocycles. The molecule has 0 spiro atoms. The number of hydrogen-bond acceptors (Lipinski definition) is 7. The van der Waals surface area contributed by atoms with Crippen LogP contribution in [0.25, 0.3) is 0 Å². The van der Waals surface area contributed by atoms with Crippen LogP contribution in [0.3, 0.4) is 0 Å². The number of nitrogens with zero attached hydrogens (tertiary/aromatic N) is 5. The van der Waals surface area contributed by atoms with Gasteiger partial charge in [0.1, 0.15) is 0 Å². The molecule has 2 aromatic heterocycles. The largest absolute Gasteiger partial charge is 0.338 e. The van der Waals surface area contributed by atoms with E-state index < -0.39 is 0 Å². The summed E-state index contributed by atoms with van der Waals surface area (Å²) in [6, 6.07) is 1.63. The van der Waals surface area contributed by atoms with Crippen molar-refractivity contribution >= 4 is 28.3 Å². The molecule has 1 N–H and O–H groups in total. The fourth-order valence-corrected chi connectivity index (χ4v) is 3.48. The smallest absolute Gasteiger partial charge is 0.243 e. The molecule has 8 heteroatoms. The second kappa shape index (κ2) is 7.23. The van der Waals surface area contributed by atoms with Crippen LogP contribution in [0.15, 0.2) is 18.5 Å². The molecule has 0 aliphatic carbocycles. The third kappa shape index (κ3) is 3.70. The summed E-state index contributed by atoms with van der Waals surface area (Å²) in [5.41, 5.74) is 0.972. The van der Waals surface area contributed by atoms with E-state index in [4.69, 9.17) is 0 Å². The predicted octanol–water partition coefficient (Wildman–Crippen LogP) is 1.70. The van der Waals surface area contributed by atoms with Gasteiger partial charge in [0, 0.05) is 43.4 Å². The zero-order valence-corrected chi connectivity index (χ0v) is 15.0. The molecule has 1 aliphatic rings. The summed E-state index contributed by atoms with van der Waals surface area (Å²) >= 11 is 1.52. The summed E-state index contributed by atoms with van der Waals surface area (Å²) in [6.45, 7) is 9.16. The molecule has 0 saturated carbocycles. The third-order valence-electron chi connectivity index (χ3n) is 4.34. The molecule has 0 bridgehead atoms. The van der Waals surface area contributed by atoms with E-state index in [1.807, 2.05) is 26.8 Å². The van der Waals surface area contributed by atoms with E-state index in [0.29, 0.717) is 5.13 Å². The molecule has 3 heterocycles. The number of carbonyl (C=O) groups excluding carboxylic acids is 1. The van der Waals surface area contributed by atoms with E-state index >= 15 is 0 Å². The highest BCUT2D eigenvalue weighted by Gasteiger charge is 2.26. The maximum Gasteiger partial charge on any atom is 0.243 e.